The van der Waals surface area contributed by atoms with Gasteiger partial charge >= 0.3 is 0 Å². The molecular formula is C19H17BrN4O. The Morgan fingerprint density at radius 1 is 1.00 bits per heavy atom. The van der Waals surface area contributed by atoms with Crippen LogP contribution < -0.4 is 10.6 Å². The van der Waals surface area contributed by atoms with Gasteiger partial charge in [0, 0.05) is 21.9 Å². The first-order valence-electron chi connectivity index (χ1n) is 7.76. The Balaban J connectivity index is 1.82. The van der Waals surface area contributed by atoms with Gasteiger partial charge in [-0.3, -0.25) is 4.79 Å². The molecular weight excluding hydrogens is 380 g/mol. The van der Waals surface area contributed by atoms with E-state index in [-0.39, 0.29) is 5.91 Å². The van der Waals surface area contributed by atoms with Gasteiger partial charge in [-0.05, 0) is 49.7 Å². The molecule has 0 saturated carbocycles. The molecule has 0 aliphatic heterocycles. The largest absolute Gasteiger partial charge is 0.340 e. The molecule has 126 valence electrons. The molecule has 1 amide bonds. The van der Waals surface area contributed by atoms with Gasteiger partial charge < -0.3 is 10.6 Å². The number of carbonyl (C=O) groups excluding carboxylic acids is 1. The molecule has 0 aliphatic carbocycles. The fraction of sp³-hybridized carbons (Fsp3) is 0.105. The zero-order chi connectivity index (χ0) is 17.8. The van der Waals surface area contributed by atoms with Gasteiger partial charge in [-0.15, -0.1) is 0 Å². The van der Waals surface area contributed by atoms with Gasteiger partial charge in [0.05, 0.1) is 0 Å². The van der Waals surface area contributed by atoms with E-state index in [1.54, 1.807) is 13.0 Å². The number of anilines is 3. The normalized spacial score (nSPS) is 10.4. The zero-order valence-corrected chi connectivity index (χ0v) is 15.5. The maximum absolute atomic E-state index is 12.6. The zero-order valence-electron chi connectivity index (χ0n) is 13.9. The third-order valence-corrected chi connectivity index (χ3v) is 4.05. The van der Waals surface area contributed by atoms with Crippen LogP contribution in [0.4, 0.5) is 17.2 Å². The summed E-state index contributed by atoms with van der Waals surface area (Å²) in [5.41, 5.74) is 2.93. The second-order valence-corrected chi connectivity index (χ2v) is 6.51. The second-order valence-electron chi connectivity index (χ2n) is 5.59. The number of aryl methyl sites for hydroxylation is 2. The third-order valence-electron chi connectivity index (χ3n) is 3.55. The lowest BCUT2D eigenvalue weighted by Crippen LogP contribution is -2.16. The van der Waals surface area contributed by atoms with Crippen LogP contribution in [-0.2, 0) is 0 Å². The first kappa shape index (κ1) is 17.1. The predicted molar refractivity (Wildman–Crippen MR) is 103 cm³/mol. The molecule has 0 bridgehead atoms. The van der Waals surface area contributed by atoms with Crippen LogP contribution in [0.3, 0.4) is 0 Å². The predicted octanol–water partition coefficient (Wildman–Crippen LogP) is 4.85. The summed E-state index contributed by atoms with van der Waals surface area (Å²) in [6.07, 6.45) is 0. The number of hydrogen-bond acceptors (Lipinski definition) is 4. The molecule has 5 nitrogen and oxygen atoms in total. The highest BCUT2D eigenvalue weighted by molar-refractivity contribution is 9.10. The molecule has 0 aliphatic rings. The van der Waals surface area contributed by atoms with Gasteiger partial charge in [0.1, 0.15) is 17.3 Å². The van der Waals surface area contributed by atoms with Crippen LogP contribution in [0.2, 0.25) is 0 Å². The molecule has 6 heteroatoms. The van der Waals surface area contributed by atoms with Gasteiger partial charge in [-0.2, -0.15) is 0 Å². The van der Waals surface area contributed by atoms with Crippen molar-refractivity contribution in [3.8, 4) is 0 Å². The summed E-state index contributed by atoms with van der Waals surface area (Å²) in [5, 5.41) is 6.08. The standard InChI is InChI=1S/C19H17BrN4O/c1-12-10-14(20)8-9-16(12)24-19(25)17-11-18(22-13(2)21-17)23-15-6-4-3-5-7-15/h3-11H,1-2H3,(H,24,25)(H,21,22,23). The Bertz CT molecular complexity index is 913. The molecule has 0 fully saturated rings. The molecule has 2 aromatic carbocycles. The monoisotopic (exact) mass is 396 g/mol. The average molecular weight is 397 g/mol. The number of hydrogen-bond donors (Lipinski definition) is 2. The van der Waals surface area contributed by atoms with E-state index in [1.165, 1.54) is 0 Å². The van der Waals surface area contributed by atoms with Crippen LogP contribution in [0.1, 0.15) is 21.9 Å². The number of amides is 1. The van der Waals surface area contributed by atoms with E-state index in [4.69, 9.17) is 0 Å². The van der Waals surface area contributed by atoms with Crippen LogP contribution in [0, 0.1) is 13.8 Å². The van der Waals surface area contributed by atoms with Gasteiger partial charge in [-0.1, -0.05) is 34.1 Å². The van der Waals surface area contributed by atoms with Crippen LogP contribution >= 0.6 is 15.9 Å². The Kier molecular flexibility index (Phi) is 5.09. The Morgan fingerprint density at radius 3 is 2.48 bits per heavy atom. The highest BCUT2D eigenvalue weighted by Crippen LogP contribution is 2.21. The van der Waals surface area contributed by atoms with E-state index in [9.17, 15) is 4.79 Å². The molecule has 1 aromatic heterocycles. The van der Waals surface area contributed by atoms with Crippen molar-refractivity contribution in [2.45, 2.75) is 13.8 Å². The number of nitrogens with zero attached hydrogens (tertiary/aromatic N) is 2. The van der Waals surface area contributed by atoms with E-state index in [0.717, 1.165) is 21.4 Å². The minimum atomic E-state index is -0.271. The fourth-order valence-corrected chi connectivity index (χ4v) is 2.85. The van der Waals surface area contributed by atoms with Crippen molar-refractivity contribution in [1.82, 2.24) is 9.97 Å². The topological polar surface area (TPSA) is 66.9 Å². The summed E-state index contributed by atoms with van der Waals surface area (Å²) in [4.78, 5) is 21.2. The number of rotatable bonds is 4. The lowest BCUT2D eigenvalue weighted by molar-refractivity contribution is 0.102. The molecule has 0 saturated heterocycles. The van der Waals surface area contributed by atoms with Gasteiger partial charge in [0.25, 0.3) is 5.91 Å². The van der Waals surface area contributed by atoms with Crippen LogP contribution in [0.25, 0.3) is 0 Å². The number of benzene rings is 2. The minimum Gasteiger partial charge on any atom is -0.340 e. The van der Waals surface area contributed by atoms with E-state index >= 15 is 0 Å². The lowest BCUT2D eigenvalue weighted by atomic mass is 10.2. The SMILES string of the molecule is Cc1nc(Nc2ccccc2)cc(C(=O)Nc2ccc(Br)cc2C)n1. The summed E-state index contributed by atoms with van der Waals surface area (Å²) < 4.78 is 0.968. The van der Waals surface area contributed by atoms with Gasteiger partial charge in [-0.25, -0.2) is 9.97 Å². The number of nitrogens with one attached hydrogen (secondary N) is 2. The summed E-state index contributed by atoms with van der Waals surface area (Å²) in [5.74, 6) is 0.835. The van der Waals surface area contributed by atoms with Gasteiger partial charge in [0.2, 0.25) is 0 Å². The third kappa shape index (κ3) is 4.42. The van der Waals surface area contributed by atoms with Gasteiger partial charge in [0.15, 0.2) is 0 Å². The van der Waals surface area contributed by atoms with Crippen molar-refractivity contribution in [1.29, 1.82) is 0 Å². The number of carbonyl (C=O) groups is 1. The molecule has 0 atom stereocenters. The molecule has 3 rings (SSSR count). The summed E-state index contributed by atoms with van der Waals surface area (Å²) >= 11 is 3.42. The lowest BCUT2D eigenvalue weighted by Gasteiger charge is -2.11. The van der Waals surface area contributed by atoms with Crippen LogP contribution in [0.15, 0.2) is 59.1 Å². The summed E-state index contributed by atoms with van der Waals surface area (Å²) in [6, 6.07) is 17.0. The quantitative estimate of drug-likeness (QED) is 0.661. The van der Waals surface area contributed by atoms with E-state index in [2.05, 4.69) is 36.5 Å². The first-order valence-corrected chi connectivity index (χ1v) is 8.56. The fourth-order valence-electron chi connectivity index (χ4n) is 2.37. The van der Waals surface area contributed by atoms with Crippen molar-refractivity contribution in [3.05, 3.63) is 76.2 Å². The molecule has 1 heterocycles. The Hall–Kier alpha value is -2.73. The smallest absolute Gasteiger partial charge is 0.274 e. The summed E-state index contributed by atoms with van der Waals surface area (Å²) in [6.45, 7) is 3.70. The second kappa shape index (κ2) is 7.44. The van der Waals surface area contributed by atoms with Crippen molar-refractivity contribution < 1.29 is 4.79 Å². The highest BCUT2D eigenvalue weighted by atomic mass is 79.9. The summed E-state index contributed by atoms with van der Waals surface area (Å²) in [7, 11) is 0. The molecule has 0 unspecified atom stereocenters. The first-order chi connectivity index (χ1) is 12.0. The maximum atomic E-state index is 12.6. The maximum Gasteiger partial charge on any atom is 0.274 e. The molecule has 2 N–H and O–H groups in total. The number of aromatic nitrogens is 2. The van der Waals surface area contributed by atoms with Crippen LogP contribution in [0.5, 0.6) is 0 Å². The average Bonchev–Trinajstić information content (AvgIpc) is 2.57. The Morgan fingerprint density at radius 2 is 1.76 bits per heavy atom. The van der Waals surface area contributed by atoms with Crippen molar-refractivity contribution in [3.63, 3.8) is 0 Å². The molecule has 25 heavy (non-hydrogen) atoms. The molecule has 3 aromatic rings. The molecule has 0 spiro atoms. The van der Waals surface area contributed by atoms with E-state index in [1.807, 2.05) is 55.5 Å². The minimum absolute atomic E-state index is 0.271. The van der Waals surface area contributed by atoms with Crippen molar-refractivity contribution >= 4 is 39.0 Å². The van der Waals surface area contributed by atoms with Crippen LogP contribution in [-0.4, -0.2) is 15.9 Å². The number of para-hydroxylation sites is 1. The van der Waals surface area contributed by atoms with E-state index in [0.29, 0.717) is 17.3 Å². The van der Waals surface area contributed by atoms with Crippen molar-refractivity contribution in [2.75, 3.05) is 10.6 Å². The Labute approximate surface area is 154 Å². The van der Waals surface area contributed by atoms with E-state index < -0.39 is 0 Å². The van der Waals surface area contributed by atoms with Crippen molar-refractivity contribution in [2.24, 2.45) is 0 Å². The molecule has 0 radical (unpaired) electrons. The number of halogens is 1. The highest BCUT2D eigenvalue weighted by Gasteiger charge is 2.12.